The zero-order valence-electron chi connectivity index (χ0n) is 17.9. The van der Waals surface area contributed by atoms with Gasteiger partial charge in [0.05, 0.1) is 26.1 Å². The number of methoxy groups -OCH3 is 2. The van der Waals surface area contributed by atoms with E-state index in [0.29, 0.717) is 21.5 Å². The zero-order valence-corrected chi connectivity index (χ0v) is 20.3. The minimum Gasteiger partial charge on any atom is -0.497 e. The monoisotopic (exact) mass is 531 g/mol. The van der Waals surface area contributed by atoms with E-state index in [-0.39, 0.29) is 10.6 Å². The topological polar surface area (TPSA) is 97.3 Å². The average Bonchev–Trinajstić information content (AvgIpc) is 2.83. The van der Waals surface area contributed by atoms with E-state index < -0.39 is 22.5 Å². The molecule has 0 spiro atoms. The number of sulfonamides is 1. The molecule has 0 aliphatic carbocycles. The van der Waals surface area contributed by atoms with Gasteiger partial charge in [0.2, 0.25) is 0 Å². The third kappa shape index (κ3) is 6.11. The number of rotatable bonds is 9. The Bertz CT molecular complexity index is 1250. The summed E-state index contributed by atoms with van der Waals surface area (Å²) in [5.41, 5.74) is 3.41. The fourth-order valence-electron chi connectivity index (χ4n) is 2.95. The second-order valence-electron chi connectivity index (χ2n) is 6.71. The maximum Gasteiger partial charge on any atom is 0.268 e. The van der Waals surface area contributed by atoms with E-state index in [1.54, 1.807) is 73.8 Å². The summed E-state index contributed by atoms with van der Waals surface area (Å²) < 4.78 is 39.1. The summed E-state index contributed by atoms with van der Waals surface area (Å²) in [7, 11) is -1.22. The van der Waals surface area contributed by atoms with Crippen LogP contribution in [0.5, 0.6) is 11.5 Å². The third-order valence-corrected chi connectivity index (χ3v) is 6.81. The van der Waals surface area contributed by atoms with Crippen molar-refractivity contribution in [2.24, 2.45) is 5.10 Å². The number of carbonyl (C=O) groups excluding carboxylic acids is 1. The fraction of sp³-hybridized carbons (Fsp3) is 0.130. The van der Waals surface area contributed by atoms with Gasteiger partial charge in [0.25, 0.3) is 15.9 Å². The van der Waals surface area contributed by atoms with Crippen LogP contribution < -0.4 is 19.2 Å². The van der Waals surface area contributed by atoms with Crippen LogP contribution in [0.2, 0.25) is 0 Å². The van der Waals surface area contributed by atoms with E-state index in [0.717, 1.165) is 4.31 Å². The zero-order chi connectivity index (χ0) is 23.8. The van der Waals surface area contributed by atoms with Crippen molar-refractivity contribution in [1.29, 1.82) is 0 Å². The van der Waals surface area contributed by atoms with Crippen LogP contribution in [-0.2, 0) is 14.8 Å². The van der Waals surface area contributed by atoms with Crippen LogP contribution in [0.25, 0.3) is 0 Å². The van der Waals surface area contributed by atoms with Crippen molar-refractivity contribution in [3.05, 3.63) is 82.8 Å². The van der Waals surface area contributed by atoms with Gasteiger partial charge in [-0.15, -0.1) is 0 Å². The van der Waals surface area contributed by atoms with Gasteiger partial charge in [-0.3, -0.25) is 9.10 Å². The lowest BCUT2D eigenvalue weighted by Gasteiger charge is -2.24. The molecule has 1 amide bonds. The molecule has 10 heteroatoms. The molecule has 3 rings (SSSR count). The first kappa shape index (κ1) is 24.3. The Balaban J connectivity index is 1.87. The first-order valence-electron chi connectivity index (χ1n) is 9.72. The molecular weight excluding hydrogens is 510 g/mol. The number of nitrogens with one attached hydrogen (secondary N) is 1. The van der Waals surface area contributed by atoms with Crippen molar-refractivity contribution < 1.29 is 22.7 Å². The molecule has 33 heavy (non-hydrogen) atoms. The minimum atomic E-state index is -4.15. The normalized spacial score (nSPS) is 11.2. The summed E-state index contributed by atoms with van der Waals surface area (Å²) in [6, 6.07) is 20.1. The van der Waals surface area contributed by atoms with Gasteiger partial charge >= 0.3 is 0 Å². The van der Waals surface area contributed by atoms with Crippen LogP contribution in [-0.4, -0.2) is 41.3 Å². The maximum atomic E-state index is 13.6. The van der Waals surface area contributed by atoms with Crippen LogP contribution >= 0.6 is 15.9 Å². The molecule has 0 saturated carbocycles. The van der Waals surface area contributed by atoms with Crippen molar-refractivity contribution in [2.45, 2.75) is 4.90 Å². The molecule has 0 aliphatic heterocycles. The van der Waals surface area contributed by atoms with Crippen LogP contribution in [0.1, 0.15) is 5.56 Å². The van der Waals surface area contributed by atoms with Gasteiger partial charge in [-0.05, 0) is 48.0 Å². The molecule has 0 heterocycles. The minimum absolute atomic E-state index is 0.0732. The predicted molar refractivity (Wildman–Crippen MR) is 130 cm³/mol. The van der Waals surface area contributed by atoms with Gasteiger partial charge in [0, 0.05) is 4.47 Å². The number of halogens is 1. The molecule has 0 bridgehead atoms. The molecule has 0 unspecified atom stereocenters. The highest BCUT2D eigenvalue weighted by molar-refractivity contribution is 9.10. The van der Waals surface area contributed by atoms with Crippen molar-refractivity contribution in [1.82, 2.24) is 5.43 Å². The van der Waals surface area contributed by atoms with E-state index in [1.807, 2.05) is 0 Å². The second-order valence-corrected chi connectivity index (χ2v) is 9.46. The van der Waals surface area contributed by atoms with Crippen molar-refractivity contribution in [2.75, 3.05) is 25.1 Å². The summed E-state index contributed by atoms with van der Waals surface area (Å²) in [4.78, 5) is 12.6. The summed E-state index contributed by atoms with van der Waals surface area (Å²) >= 11 is 3.29. The Morgan fingerprint density at radius 2 is 1.79 bits per heavy atom. The number of hydrogen-bond donors (Lipinski definition) is 1. The Hall–Kier alpha value is -3.37. The second kappa shape index (κ2) is 11.0. The fourth-order valence-corrected chi connectivity index (χ4v) is 5.06. The van der Waals surface area contributed by atoms with Crippen molar-refractivity contribution in [3.8, 4) is 11.5 Å². The van der Waals surface area contributed by atoms with Gasteiger partial charge in [-0.1, -0.05) is 46.3 Å². The van der Waals surface area contributed by atoms with E-state index >= 15 is 0 Å². The highest BCUT2D eigenvalue weighted by Crippen LogP contribution is 2.32. The molecule has 0 radical (unpaired) electrons. The lowest BCUT2D eigenvalue weighted by molar-refractivity contribution is -0.119. The Labute approximate surface area is 201 Å². The number of benzene rings is 3. The first-order valence-corrected chi connectivity index (χ1v) is 12.0. The molecule has 172 valence electrons. The lowest BCUT2D eigenvalue weighted by atomic mass is 10.2. The van der Waals surface area contributed by atoms with Gasteiger partial charge in [0.15, 0.2) is 0 Å². The van der Waals surface area contributed by atoms with Crippen LogP contribution in [0.15, 0.2) is 87.3 Å². The molecule has 3 aromatic rings. The first-order chi connectivity index (χ1) is 15.8. The van der Waals surface area contributed by atoms with E-state index in [4.69, 9.17) is 9.47 Å². The summed E-state index contributed by atoms with van der Waals surface area (Å²) in [5.74, 6) is 0.195. The number of nitrogens with zero attached hydrogens (tertiary/aromatic N) is 2. The van der Waals surface area contributed by atoms with Gasteiger partial charge in [-0.2, -0.15) is 5.10 Å². The number of hydrogen-bond acceptors (Lipinski definition) is 6. The molecule has 0 saturated heterocycles. The SMILES string of the molecule is COc1cccc(/C=N\NC(=O)CN(c2ccccc2)S(=O)(=O)c2cc(Br)ccc2OC)c1. The van der Waals surface area contributed by atoms with E-state index in [9.17, 15) is 13.2 Å². The number of carbonyl (C=O) groups is 1. The van der Waals surface area contributed by atoms with Gasteiger partial charge < -0.3 is 9.47 Å². The Kier molecular flexibility index (Phi) is 8.07. The van der Waals surface area contributed by atoms with Crippen LogP contribution in [0.3, 0.4) is 0 Å². The summed E-state index contributed by atoms with van der Waals surface area (Å²) in [5, 5.41) is 3.93. The number of para-hydroxylation sites is 1. The molecule has 3 aromatic carbocycles. The van der Waals surface area contributed by atoms with Crippen molar-refractivity contribution in [3.63, 3.8) is 0 Å². The van der Waals surface area contributed by atoms with E-state index in [2.05, 4.69) is 26.5 Å². The standard InChI is InChI=1S/C23H22BrN3O5S/c1-31-20-10-6-7-17(13-20)15-25-26-23(28)16-27(19-8-4-3-5-9-19)33(29,30)22-14-18(24)11-12-21(22)32-2/h3-15H,16H2,1-2H3,(H,26,28)/b25-15-. The largest absolute Gasteiger partial charge is 0.497 e. The van der Waals surface area contributed by atoms with Crippen molar-refractivity contribution >= 4 is 43.8 Å². The number of hydrazone groups is 1. The highest BCUT2D eigenvalue weighted by atomic mass is 79.9. The molecule has 0 atom stereocenters. The molecular formula is C23H22BrN3O5S. The van der Waals surface area contributed by atoms with Gasteiger partial charge in [0.1, 0.15) is 22.9 Å². The highest BCUT2D eigenvalue weighted by Gasteiger charge is 2.30. The smallest absolute Gasteiger partial charge is 0.268 e. The van der Waals surface area contributed by atoms with Crippen LogP contribution in [0, 0.1) is 0 Å². The average molecular weight is 532 g/mol. The summed E-state index contributed by atoms with van der Waals surface area (Å²) in [6.45, 7) is -0.489. The molecule has 8 nitrogen and oxygen atoms in total. The number of ether oxygens (including phenoxy) is 2. The number of amides is 1. The molecule has 0 aliphatic rings. The summed E-state index contributed by atoms with van der Waals surface area (Å²) in [6.07, 6.45) is 1.44. The van der Waals surface area contributed by atoms with Crippen LogP contribution in [0.4, 0.5) is 5.69 Å². The quantitative estimate of drug-likeness (QED) is 0.334. The van der Waals surface area contributed by atoms with Gasteiger partial charge in [-0.25, -0.2) is 13.8 Å². The number of anilines is 1. The maximum absolute atomic E-state index is 13.6. The lowest BCUT2D eigenvalue weighted by Crippen LogP contribution is -2.39. The Morgan fingerprint density at radius 1 is 1.03 bits per heavy atom. The predicted octanol–water partition coefficient (Wildman–Crippen LogP) is 3.81. The molecule has 0 aromatic heterocycles. The molecule has 1 N–H and O–H groups in total. The molecule has 0 fully saturated rings. The van der Waals surface area contributed by atoms with E-state index in [1.165, 1.54) is 19.4 Å². The Morgan fingerprint density at radius 3 is 2.48 bits per heavy atom. The third-order valence-electron chi connectivity index (χ3n) is 4.52.